The lowest BCUT2D eigenvalue weighted by Crippen LogP contribution is -2.27. The summed E-state index contributed by atoms with van der Waals surface area (Å²) in [5, 5.41) is 13.6. The molecule has 3 heterocycles. The number of methoxy groups -OCH3 is 1. The number of hydrogen-bond donors (Lipinski definition) is 1. The first-order chi connectivity index (χ1) is 19.9. The van der Waals surface area contributed by atoms with Crippen LogP contribution in [-0.2, 0) is 11.2 Å². The monoisotopic (exact) mass is 628 g/mol. The zero-order valence-electron chi connectivity index (χ0n) is 22.4. The number of halogens is 2. The number of aryl methyl sites for hydroxylation is 1. The number of aromatic nitrogens is 4. The molecule has 0 radical (unpaired) electrons. The van der Waals surface area contributed by atoms with Crippen LogP contribution in [0.3, 0.4) is 0 Å². The largest absolute Gasteiger partial charge is 0.497 e. The van der Waals surface area contributed by atoms with E-state index in [4.69, 9.17) is 21.3 Å². The molecule has 3 aromatic carbocycles. The van der Waals surface area contributed by atoms with Crippen LogP contribution in [-0.4, -0.2) is 45.0 Å². The summed E-state index contributed by atoms with van der Waals surface area (Å²) < 4.78 is 8.30. The van der Waals surface area contributed by atoms with Crippen LogP contribution >= 0.6 is 27.5 Å². The molecule has 1 atom stereocenters. The number of carbonyl (C=O) groups excluding carboxylic acids is 1. The second kappa shape index (κ2) is 11.4. The summed E-state index contributed by atoms with van der Waals surface area (Å²) in [5.41, 5.74) is 5.35. The normalized spacial score (nSPS) is 14.1. The minimum absolute atomic E-state index is 0.118. The van der Waals surface area contributed by atoms with Crippen molar-refractivity contribution < 1.29 is 9.53 Å². The van der Waals surface area contributed by atoms with Gasteiger partial charge < -0.3 is 10.1 Å². The van der Waals surface area contributed by atoms with Gasteiger partial charge in [0.05, 0.1) is 30.4 Å². The summed E-state index contributed by atoms with van der Waals surface area (Å²) in [4.78, 5) is 22.9. The Hall–Kier alpha value is -4.08. The van der Waals surface area contributed by atoms with E-state index in [1.54, 1.807) is 7.11 Å². The lowest BCUT2D eigenvalue weighted by molar-refractivity contribution is -0.121. The fourth-order valence-electron chi connectivity index (χ4n) is 5.06. The molecule has 8 nitrogen and oxygen atoms in total. The number of fused-ring (bicyclic) bond motifs is 4. The fourth-order valence-corrected chi connectivity index (χ4v) is 5.51. The van der Waals surface area contributed by atoms with E-state index in [9.17, 15) is 4.79 Å². The van der Waals surface area contributed by atoms with Crippen LogP contribution in [0.5, 0.6) is 5.75 Å². The molecule has 5 aromatic rings. The zero-order chi connectivity index (χ0) is 28.5. The van der Waals surface area contributed by atoms with Gasteiger partial charge in [-0.15, -0.1) is 10.2 Å². The lowest BCUT2D eigenvalue weighted by Gasteiger charge is -2.14. The fraction of sp³-hybridized carbons (Fsp3) is 0.194. The molecule has 1 aliphatic rings. The van der Waals surface area contributed by atoms with Gasteiger partial charge in [-0.3, -0.25) is 14.4 Å². The van der Waals surface area contributed by atoms with Crippen molar-refractivity contribution in [2.24, 2.45) is 4.99 Å². The molecule has 2 aromatic heterocycles. The maximum absolute atomic E-state index is 13.3. The van der Waals surface area contributed by atoms with Crippen LogP contribution in [0.1, 0.15) is 40.8 Å². The van der Waals surface area contributed by atoms with E-state index < -0.39 is 6.04 Å². The highest BCUT2D eigenvalue weighted by Gasteiger charge is 2.30. The van der Waals surface area contributed by atoms with Gasteiger partial charge in [0.1, 0.15) is 22.2 Å². The van der Waals surface area contributed by atoms with Crippen molar-refractivity contribution >= 4 is 50.1 Å². The van der Waals surface area contributed by atoms with Gasteiger partial charge in [-0.05, 0) is 77.3 Å². The number of carbonyl (C=O) groups is 1. The number of rotatable bonds is 7. The molecule has 0 saturated heterocycles. The van der Waals surface area contributed by atoms with Gasteiger partial charge >= 0.3 is 0 Å². The van der Waals surface area contributed by atoms with E-state index in [0.29, 0.717) is 35.4 Å². The molecule has 0 saturated carbocycles. The highest BCUT2D eigenvalue weighted by atomic mass is 79.9. The van der Waals surface area contributed by atoms with Crippen molar-refractivity contribution in [2.75, 3.05) is 13.7 Å². The Bertz CT molecular complexity index is 1800. The van der Waals surface area contributed by atoms with E-state index in [2.05, 4.69) is 48.6 Å². The molecule has 1 aliphatic heterocycles. The molecule has 1 unspecified atom stereocenters. The van der Waals surface area contributed by atoms with E-state index in [1.807, 2.05) is 72.2 Å². The predicted molar refractivity (Wildman–Crippen MR) is 163 cm³/mol. The zero-order valence-corrected chi connectivity index (χ0v) is 24.8. The SMILES string of the molecule is COc1ccc2c(c1)C(c1ccc(Cl)cc1)=NC(CC(=O)NCCc1ccc3ccc(Br)nc3c1)c1nnc(C)n1-2. The van der Waals surface area contributed by atoms with Crippen LogP contribution in [0.2, 0.25) is 5.02 Å². The average Bonchev–Trinajstić information content (AvgIpc) is 3.30. The van der Waals surface area contributed by atoms with Crippen molar-refractivity contribution in [1.29, 1.82) is 0 Å². The summed E-state index contributed by atoms with van der Waals surface area (Å²) in [6.07, 6.45) is 0.799. The molecule has 0 bridgehead atoms. The average molecular weight is 630 g/mol. The van der Waals surface area contributed by atoms with Gasteiger partial charge in [0.25, 0.3) is 0 Å². The predicted octanol–water partition coefficient (Wildman–Crippen LogP) is 6.19. The Morgan fingerprint density at radius 2 is 1.85 bits per heavy atom. The van der Waals surface area contributed by atoms with E-state index in [-0.39, 0.29) is 12.3 Å². The minimum atomic E-state index is -0.553. The van der Waals surface area contributed by atoms with E-state index >= 15 is 0 Å². The van der Waals surface area contributed by atoms with Gasteiger partial charge in [0.2, 0.25) is 5.91 Å². The Morgan fingerprint density at radius 3 is 2.66 bits per heavy atom. The number of amides is 1. The van der Waals surface area contributed by atoms with Crippen LogP contribution in [0.25, 0.3) is 16.6 Å². The highest BCUT2D eigenvalue weighted by Crippen LogP contribution is 2.34. The van der Waals surface area contributed by atoms with E-state index in [0.717, 1.165) is 43.6 Å². The number of nitrogens with zero attached hydrogens (tertiary/aromatic N) is 5. The molecule has 6 rings (SSSR count). The Kier molecular flexibility index (Phi) is 7.55. The lowest BCUT2D eigenvalue weighted by atomic mass is 10.00. The molecule has 0 spiro atoms. The molecular formula is C31H26BrClN6O2. The molecule has 41 heavy (non-hydrogen) atoms. The van der Waals surface area contributed by atoms with E-state index in [1.165, 1.54) is 0 Å². The first kappa shape index (κ1) is 27.1. The summed E-state index contributed by atoms with van der Waals surface area (Å²) in [6.45, 7) is 2.38. The Morgan fingerprint density at radius 1 is 1.05 bits per heavy atom. The summed E-state index contributed by atoms with van der Waals surface area (Å²) in [7, 11) is 1.63. The third-order valence-corrected chi connectivity index (χ3v) is 7.78. The summed E-state index contributed by atoms with van der Waals surface area (Å²) >= 11 is 9.62. The summed E-state index contributed by atoms with van der Waals surface area (Å²) in [6, 6.07) is 22.9. The second-order valence-electron chi connectivity index (χ2n) is 9.79. The van der Waals surface area contributed by atoms with Crippen molar-refractivity contribution in [3.63, 3.8) is 0 Å². The van der Waals surface area contributed by atoms with Crippen LogP contribution in [0.4, 0.5) is 0 Å². The molecule has 1 amide bonds. The van der Waals surface area contributed by atoms with Gasteiger partial charge in [-0.1, -0.05) is 41.9 Å². The molecule has 10 heteroatoms. The summed E-state index contributed by atoms with van der Waals surface area (Å²) in [5.74, 6) is 1.90. The molecule has 0 fully saturated rings. The van der Waals surface area contributed by atoms with Gasteiger partial charge in [-0.25, -0.2) is 4.98 Å². The third kappa shape index (κ3) is 5.60. The third-order valence-electron chi connectivity index (χ3n) is 7.09. The topological polar surface area (TPSA) is 94.3 Å². The molecule has 0 aliphatic carbocycles. The quantitative estimate of drug-likeness (QED) is 0.217. The second-order valence-corrected chi connectivity index (χ2v) is 11.0. The van der Waals surface area contributed by atoms with Crippen molar-refractivity contribution in [3.8, 4) is 11.4 Å². The number of nitrogens with one attached hydrogen (secondary N) is 1. The number of hydrogen-bond acceptors (Lipinski definition) is 6. The van der Waals surface area contributed by atoms with Gasteiger partial charge in [0.15, 0.2) is 5.82 Å². The maximum Gasteiger partial charge on any atom is 0.222 e. The van der Waals surface area contributed by atoms with Crippen molar-refractivity contribution in [3.05, 3.63) is 111 Å². The number of ether oxygens (including phenoxy) is 1. The molecule has 1 N–H and O–H groups in total. The smallest absolute Gasteiger partial charge is 0.222 e. The number of benzene rings is 3. The number of aliphatic imine (C=N–C) groups is 1. The Balaban J connectivity index is 1.28. The number of pyridine rings is 1. The van der Waals surface area contributed by atoms with Crippen LogP contribution < -0.4 is 10.1 Å². The highest BCUT2D eigenvalue weighted by molar-refractivity contribution is 9.10. The standard InChI is InChI=1S/C31H26BrClN6O2/c1-18-37-38-31-26(17-29(40)34-14-13-19-3-4-20-7-12-28(32)35-25(20)15-19)36-30(21-5-8-22(33)9-6-21)24-16-23(41-2)10-11-27(24)39(18)31/h3-12,15-16,26H,13-14,17H2,1-2H3,(H,34,40). The maximum atomic E-state index is 13.3. The molecule has 206 valence electrons. The first-order valence-corrected chi connectivity index (χ1v) is 14.3. The van der Waals surface area contributed by atoms with Crippen LogP contribution in [0.15, 0.2) is 82.4 Å². The van der Waals surface area contributed by atoms with Gasteiger partial charge in [-0.2, -0.15) is 0 Å². The van der Waals surface area contributed by atoms with Crippen molar-refractivity contribution in [1.82, 2.24) is 25.1 Å². The van der Waals surface area contributed by atoms with Crippen LogP contribution in [0, 0.1) is 6.92 Å². The minimum Gasteiger partial charge on any atom is -0.497 e. The van der Waals surface area contributed by atoms with Gasteiger partial charge in [0, 0.05) is 28.1 Å². The first-order valence-electron chi connectivity index (χ1n) is 13.2. The Labute approximate surface area is 250 Å². The van der Waals surface area contributed by atoms with Crippen molar-refractivity contribution in [2.45, 2.75) is 25.8 Å². The molecular weight excluding hydrogens is 604 g/mol.